The van der Waals surface area contributed by atoms with Crippen molar-refractivity contribution in [2.24, 2.45) is 10.8 Å². The first kappa shape index (κ1) is 28.8. The van der Waals surface area contributed by atoms with Crippen LogP contribution in [0.1, 0.15) is 80.8 Å². The number of hydrogen-bond acceptors (Lipinski definition) is 6. The van der Waals surface area contributed by atoms with Crippen LogP contribution in [0.3, 0.4) is 0 Å². The fraction of sp³-hybridized carbons (Fsp3) is 0.441. The molecule has 7 nitrogen and oxygen atoms in total. The predicted molar refractivity (Wildman–Crippen MR) is 156 cm³/mol. The molecule has 0 atom stereocenters. The Labute approximate surface area is 241 Å². The van der Waals surface area contributed by atoms with E-state index in [9.17, 15) is 19.5 Å². The Morgan fingerprint density at radius 2 is 1.49 bits per heavy atom. The van der Waals surface area contributed by atoms with Gasteiger partial charge in [-0.2, -0.15) is 0 Å². The van der Waals surface area contributed by atoms with Crippen LogP contribution in [0.2, 0.25) is 0 Å². The summed E-state index contributed by atoms with van der Waals surface area (Å²) in [5, 5.41) is 10.2. The molecule has 0 aromatic heterocycles. The van der Waals surface area contributed by atoms with Gasteiger partial charge in [0.15, 0.2) is 11.6 Å². The molecule has 1 aliphatic heterocycles. The van der Waals surface area contributed by atoms with E-state index in [0.717, 1.165) is 17.0 Å². The molecule has 7 heteroatoms. The number of allylic oxidation sites excluding steroid dienone is 4. The van der Waals surface area contributed by atoms with Crippen molar-refractivity contribution in [3.63, 3.8) is 0 Å². The van der Waals surface area contributed by atoms with Gasteiger partial charge in [0.05, 0.1) is 6.61 Å². The molecule has 0 saturated carbocycles. The maximum Gasteiger partial charge on any atom is 0.339 e. The summed E-state index contributed by atoms with van der Waals surface area (Å²) in [5.41, 5.74) is 4.17. The molecule has 41 heavy (non-hydrogen) atoms. The summed E-state index contributed by atoms with van der Waals surface area (Å²) in [5.74, 6) is -1.48. The molecule has 0 saturated heterocycles. The molecule has 2 aromatic carbocycles. The Balaban J connectivity index is 1.66. The van der Waals surface area contributed by atoms with Gasteiger partial charge in [-0.05, 0) is 46.9 Å². The zero-order valence-corrected chi connectivity index (χ0v) is 24.6. The minimum atomic E-state index is -1.12. The lowest BCUT2D eigenvalue weighted by Crippen LogP contribution is -2.45. The average Bonchev–Trinajstić information content (AvgIpc) is 2.89. The van der Waals surface area contributed by atoms with Crippen LogP contribution in [-0.4, -0.2) is 47.8 Å². The Morgan fingerprint density at radius 1 is 0.902 bits per heavy atom. The summed E-state index contributed by atoms with van der Waals surface area (Å²) in [6.45, 7) is 9.61. The highest BCUT2D eigenvalue weighted by Gasteiger charge is 2.49. The average molecular weight is 558 g/mol. The van der Waals surface area contributed by atoms with E-state index in [1.807, 2.05) is 36.4 Å². The number of rotatable bonds is 8. The molecule has 3 aliphatic rings. The van der Waals surface area contributed by atoms with Gasteiger partial charge >= 0.3 is 5.97 Å². The maximum atomic E-state index is 13.9. The van der Waals surface area contributed by atoms with Crippen molar-refractivity contribution >= 4 is 17.5 Å². The topological polar surface area (TPSA) is 93.1 Å². The zero-order chi connectivity index (χ0) is 29.5. The Hall–Kier alpha value is -3.71. The van der Waals surface area contributed by atoms with Crippen molar-refractivity contribution < 1.29 is 29.0 Å². The molecule has 216 valence electrons. The molecule has 0 bridgehead atoms. The summed E-state index contributed by atoms with van der Waals surface area (Å²) in [7, 11) is 1.65. The minimum absolute atomic E-state index is 0.00845. The largest absolute Gasteiger partial charge is 0.488 e. The molecule has 1 N–H and O–H groups in total. The number of hydrogen-bond donors (Lipinski definition) is 1. The number of ether oxygens (including phenoxy) is 2. The van der Waals surface area contributed by atoms with Crippen molar-refractivity contribution in [2.75, 3.05) is 20.3 Å². The standard InChI is InChI=1S/C34H39NO6/c1-33(2)16-24-30(26(36)18-33)29(31-25(35(24)13-14-40-5)17-34(3,4)19-27(31)37)22-11-12-28(23(15-22)32(38)39)41-20-21-9-7-6-8-10-21/h6-12,15,29H,13-14,16-20H2,1-5H3,(H,38,39). The van der Waals surface area contributed by atoms with E-state index < -0.39 is 11.9 Å². The van der Waals surface area contributed by atoms with E-state index in [0.29, 0.717) is 55.5 Å². The van der Waals surface area contributed by atoms with E-state index >= 15 is 0 Å². The fourth-order valence-corrected chi connectivity index (χ4v) is 6.59. The van der Waals surface area contributed by atoms with Crippen LogP contribution < -0.4 is 4.74 Å². The van der Waals surface area contributed by atoms with Crippen LogP contribution >= 0.6 is 0 Å². The van der Waals surface area contributed by atoms with Gasteiger partial charge in [0.2, 0.25) is 0 Å². The number of carbonyl (C=O) groups excluding carboxylic acids is 2. The second kappa shape index (κ2) is 10.9. The van der Waals surface area contributed by atoms with E-state index in [1.165, 1.54) is 0 Å². The van der Waals surface area contributed by atoms with E-state index in [2.05, 4.69) is 32.6 Å². The first-order valence-corrected chi connectivity index (χ1v) is 14.2. The molecule has 0 radical (unpaired) electrons. The Bertz CT molecular complexity index is 1390. The SMILES string of the molecule is COCCN1C2=C(C(=O)CC(C)(C)C2)C(c2ccc(OCc3ccccc3)c(C(=O)O)c2)C2=C1CC(C)(C)CC2=O. The number of ketones is 2. The van der Waals surface area contributed by atoms with Crippen LogP contribution in [-0.2, 0) is 20.9 Å². The van der Waals surface area contributed by atoms with E-state index in [1.54, 1.807) is 19.2 Å². The highest BCUT2D eigenvalue weighted by molar-refractivity contribution is 6.07. The van der Waals surface area contributed by atoms with E-state index in [4.69, 9.17) is 9.47 Å². The molecule has 5 rings (SSSR count). The highest BCUT2D eigenvalue weighted by Crippen LogP contribution is 2.54. The van der Waals surface area contributed by atoms with Crippen molar-refractivity contribution in [1.82, 2.24) is 4.90 Å². The first-order valence-electron chi connectivity index (χ1n) is 14.2. The molecular weight excluding hydrogens is 518 g/mol. The quantitative estimate of drug-likeness (QED) is 0.407. The number of benzene rings is 2. The summed E-state index contributed by atoms with van der Waals surface area (Å²) >= 11 is 0. The number of carboxylic acids is 1. The van der Waals surface area contributed by atoms with Gasteiger partial charge in [-0.1, -0.05) is 64.1 Å². The number of aromatic carboxylic acids is 1. The summed E-state index contributed by atoms with van der Waals surface area (Å²) in [6.07, 6.45) is 2.10. The molecular formula is C34H39NO6. The zero-order valence-electron chi connectivity index (χ0n) is 24.6. The predicted octanol–water partition coefficient (Wildman–Crippen LogP) is 6.30. The summed E-state index contributed by atoms with van der Waals surface area (Å²) in [6, 6.07) is 14.6. The first-order chi connectivity index (χ1) is 19.4. The van der Waals surface area contributed by atoms with Crippen LogP contribution in [0.4, 0.5) is 0 Å². The van der Waals surface area contributed by atoms with Crippen LogP contribution in [0.5, 0.6) is 5.75 Å². The monoisotopic (exact) mass is 557 g/mol. The fourth-order valence-electron chi connectivity index (χ4n) is 6.59. The van der Waals surface area contributed by atoms with Crippen molar-refractivity contribution in [3.8, 4) is 5.75 Å². The number of carbonyl (C=O) groups is 3. The minimum Gasteiger partial charge on any atom is -0.488 e. The van der Waals surface area contributed by atoms with Gasteiger partial charge in [0.1, 0.15) is 17.9 Å². The van der Waals surface area contributed by atoms with Crippen LogP contribution in [0.15, 0.2) is 71.1 Å². The molecule has 0 spiro atoms. The number of nitrogens with zero attached hydrogens (tertiary/aromatic N) is 1. The maximum absolute atomic E-state index is 13.9. The molecule has 0 amide bonds. The molecule has 2 aromatic rings. The Kier molecular flexibility index (Phi) is 7.68. The third-order valence-corrected chi connectivity index (χ3v) is 8.35. The normalized spacial score (nSPS) is 20.2. The van der Waals surface area contributed by atoms with Crippen LogP contribution in [0, 0.1) is 10.8 Å². The third-order valence-electron chi connectivity index (χ3n) is 8.35. The van der Waals surface area contributed by atoms with Crippen molar-refractivity contribution in [2.45, 2.75) is 65.9 Å². The lowest BCUT2D eigenvalue weighted by molar-refractivity contribution is -0.119. The molecule has 1 heterocycles. The van der Waals surface area contributed by atoms with Gasteiger partial charge in [0, 0.05) is 55.0 Å². The van der Waals surface area contributed by atoms with Gasteiger partial charge in [-0.15, -0.1) is 0 Å². The van der Waals surface area contributed by atoms with Crippen molar-refractivity contribution in [1.29, 1.82) is 0 Å². The smallest absolute Gasteiger partial charge is 0.339 e. The van der Waals surface area contributed by atoms with Crippen molar-refractivity contribution in [3.05, 3.63) is 87.8 Å². The van der Waals surface area contributed by atoms with Gasteiger partial charge in [-0.3, -0.25) is 9.59 Å². The van der Waals surface area contributed by atoms with Crippen LogP contribution in [0.25, 0.3) is 0 Å². The number of methoxy groups -OCH3 is 1. The third kappa shape index (κ3) is 5.73. The lowest BCUT2D eigenvalue weighted by Gasteiger charge is -2.49. The summed E-state index contributed by atoms with van der Waals surface area (Å²) in [4.78, 5) is 42.4. The Morgan fingerprint density at radius 3 is 2.02 bits per heavy atom. The second-order valence-electron chi connectivity index (χ2n) is 13.0. The summed E-state index contributed by atoms with van der Waals surface area (Å²) < 4.78 is 11.4. The van der Waals surface area contributed by atoms with Gasteiger partial charge in [0.25, 0.3) is 0 Å². The second-order valence-corrected chi connectivity index (χ2v) is 13.0. The number of carboxylic acid groups (broad SMARTS) is 1. The molecule has 0 unspecified atom stereocenters. The van der Waals surface area contributed by atoms with Gasteiger partial charge in [-0.25, -0.2) is 4.79 Å². The number of Topliss-reactive ketones (excluding diaryl/α,β-unsaturated/α-hetero) is 2. The highest BCUT2D eigenvalue weighted by atomic mass is 16.5. The molecule has 2 aliphatic carbocycles. The molecule has 0 fully saturated rings. The lowest BCUT2D eigenvalue weighted by atomic mass is 9.63. The van der Waals surface area contributed by atoms with Gasteiger partial charge < -0.3 is 19.5 Å². The van der Waals surface area contributed by atoms with E-state index in [-0.39, 0.29) is 40.3 Å².